The van der Waals surface area contributed by atoms with Crippen LogP contribution in [0, 0.1) is 5.92 Å². The molecule has 0 bridgehead atoms. The summed E-state index contributed by atoms with van der Waals surface area (Å²) in [5, 5.41) is 99.4. The van der Waals surface area contributed by atoms with Crippen LogP contribution in [-0.2, 0) is 50.9 Å². The first kappa shape index (κ1) is 43.9. The van der Waals surface area contributed by atoms with Crippen molar-refractivity contribution in [1.29, 1.82) is 0 Å². The second-order valence-electron chi connectivity index (χ2n) is 13.6. The molecule has 2 aromatic rings. The molecule has 10 N–H and O–H groups in total. The Bertz CT molecular complexity index is 1710. The van der Waals surface area contributed by atoms with E-state index in [9.17, 15) is 60.7 Å². The van der Waals surface area contributed by atoms with E-state index < -0.39 is 105 Å². The Morgan fingerprint density at radius 1 is 0.737 bits per heavy atom. The fourth-order valence-corrected chi connectivity index (χ4v) is 6.44. The third kappa shape index (κ3) is 10.6. The van der Waals surface area contributed by atoms with Gasteiger partial charge < -0.3 is 84.2 Å². The Hall–Kier alpha value is -4.22. The number of aromatic hydroxyl groups is 2. The monoisotopic (exact) mass is 808 g/mol. The number of phenols is 2. The minimum atomic E-state index is -1.77. The van der Waals surface area contributed by atoms with Gasteiger partial charge in [0, 0.05) is 17.9 Å². The summed E-state index contributed by atoms with van der Waals surface area (Å²) in [5.41, 5.74) is 1.39. The lowest BCUT2D eigenvalue weighted by Gasteiger charge is -2.41. The first-order valence-electron chi connectivity index (χ1n) is 18.1. The number of aliphatic hydroxyl groups is 8. The number of phenolic OH excluding ortho intramolecular Hbond substituents is 2. The third-order valence-corrected chi connectivity index (χ3v) is 9.75. The topological polar surface area (TPSA) is 301 Å². The molecule has 57 heavy (non-hydrogen) atoms. The number of allylic oxidation sites excluding steroid dienone is 1. The largest absolute Gasteiger partial charge is 0.504 e. The summed E-state index contributed by atoms with van der Waals surface area (Å²) in [5.74, 6) is -3.24. The summed E-state index contributed by atoms with van der Waals surface area (Å²) >= 11 is 0. The van der Waals surface area contributed by atoms with Crippen molar-refractivity contribution in [2.24, 2.45) is 5.92 Å². The molecule has 3 heterocycles. The molecular formula is C38H48O19. The van der Waals surface area contributed by atoms with E-state index in [4.69, 9.17) is 33.2 Å². The Morgan fingerprint density at radius 3 is 1.95 bits per heavy atom. The predicted molar refractivity (Wildman–Crippen MR) is 190 cm³/mol. The lowest BCUT2D eigenvalue weighted by molar-refractivity contribution is -0.327. The Labute approximate surface area is 326 Å². The van der Waals surface area contributed by atoms with E-state index in [1.54, 1.807) is 19.1 Å². The predicted octanol–water partition coefficient (Wildman–Crippen LogP) is -1.84. The fraction of sp³-hybridized carbons (Fsp3) is 0.526. The van der Waals surface area contributed by atoms with Gasteiger partial charge in [0.15, 0.2) is 24.1 Å². The minimum Gasteiger partial charge on any atom is -0.504 e. The van der Waals surface area contributed by atoms with Crippen LogP contribution in [0.15, 0.2) is 65.9 Å². The number of rotatable bonds is 15. The molecule has 0 aliphatic carbocycles. The van der Waals surface area contributed by atoms with Crippen LogP contribution in [0.3, 0.4) is 0 Å². The molecular weight excluding hydrogens is 760 g/mol. The third-order valence-electron chi connectivity index (χ3n) is 9.75. The van der Waals surface area contributed by atoms with Crippen molar-refractivity contribution in [3.8, 4) is 17.2 Å². The first-order valence-corrected chi connectivity index (χ1v) is 18.1. The highest BCUT2D eigenvalue weighted by atomic mass is 16.8. The van der Waals surface area contributed by atoms with E-state index in [0.29, 0.717) is 12.0 Å². The summed E-state index contributed by atoms with van der Waals surface area (Å²) in [6, 6.07) is 10.5. The van der Waals surface area contributed by atoms with E-state index in [1.165, 1.54) is 36.4 Å². The molecule has 314 valence electrons. The number of hydrogen-bond acceptors (Lipinski definition) is 19. The normalized spacial score (nSPS) is 32.3. The molecule has 19 nitrogen and oxygen atoms in total. The molecule has 2 aromatic carbocycles. The maximum Gasteiger partial charge on any atom is 0.337 e. The van der Waals surface area contributed by atoms with Crippen LogP contribution in [0.2, 0.25) is 0 Å². The number of carbonyl (C=O) groups is 2. The van der Waals surface area contributed by atoms with E-state index in [1.807, 2.05) is 0 Å². The van der Waals surface area contributed by atoms with Crippen molar-refractivity contribution in [2.75, 3.05) is 26.4 Å². The van der Waals surface area contributed by atoms with Gasteiger partial charge in [-0.1, -0.05) is 24.3 Å². The maximum absolute atomic E-state index is 13.4. The molecule has 0 amide bonds. The highest BCUT2D eigenvalue weighted by Gasteiger charge is 2.47. The second kappa shape index (κ2) is 20.0. The molecule has 0 unspecified atom stereocenters. The zero-order chi connectivity index (χ0) is 41.4. The van der Waals surface area contributed by atoms with Gasteiger partial charge in [0.05, 0.1) is 44.7 Å². The highest BCUT2D eigenvalue weighted by molar-refractivity contribution is 5.91. The van der Waals surface area contributed by atoms with Gasteiger partial charge in [-0.2, -0.15) is 0 Å². The number of carbonyl (C=O) groups excluding carboxylic acids is 2. The van der Waals surface area contributed by atoms with E-state index in [2.05, 4.69) is 0 Å². The van der Waals surface area contributed by atoms with Gasteiger partial charge in [0.25, 0.3) is 0 Å². The smallest absolute Gasteiger partial charge is 0.337 e. The lowest BCUT2D eigenvalue weighted by atomic mass is 9.86. The number of benzene rings is 2. The van der Waals surface area contributed by atoms with E-state index in [0.717, 1.165) is 11.8 Å². The van der Waals surface area contributed by atoms with Crippen molar-refractivity contribution in [3.05, 3.63) is 77.1 Å². The summed E-state index contributed by atoms with van der Waals surface area (Å²) in [4.78, 5) is 26.9. The quantitative estimate of drug-likeness (QED) is 0.0409. The van der Waals surface area contributed by atoms with Crippen molar-refractivity contribution >= 4 is 11.9 Å². The molecule has 19 heteroatoms. The number of hydrogen-bond donors (Lipinski definition) is 10. The molecule has 3 aliphatic rings. The SMILES string of the molecule is CC=C1[C@H](O[C@@H]2O[C@@H](CO)[C@H](O)[C@@H](O)[C@H]2O)OC=C(C(=O)OCCc2ccc(O)c(O)c2)[C@@H]1CC(=O)Oc1ccc(CCO[C@@H]2O[C@@H](CO)[C@@H](O)[C@H](O)[C@@H]2O)cc1. The van der Waals surface area contributed by atoms with Crippen molar-refractivity contribution < 1.29 is 93.8 Å². The molecule has 3 aliphatic heterocycles. The maximum atomic E-state index is 13.4. The van der Waals surface area contributed by atoms with E-state index in [-0.39, 0.29) is 48.0 Å². The van der Waals surface area contributed by atoms with Gasteiger partial charge in [0.1, 0.15) is 54.6 Å². The molecule has 12 atom stereocenters. The zero-order valence-electron chi connectivity index (χ0n) is 30.7. The number of esters is 2. The van der Waals surface area contributed by atoms with Gasteiger partial charge in [-0.25, -0.2) is 4.79 Å². The summed E-state index contributed by atoms with van der Waals surface area (Å²) in [7, 11) is 0. The summed E-state index contributed by atoms with van der Waals surface area (Å²) < 4.78 is 38.9. The zero-order valence-corrected chi connectivity index (χ0v) is 30.7. The van der Waals surface area contributed by atoms with Crippen LogP contribution >= 0.6 is 0 Å². The van der Waals surface area contributed by atoms with Crippen LogP contribution in [-0.4, -0.2) is 157 Å². The van der Waals surface area contributed by atoms with Crippen LogP contribution in [0.5, 0.6) is 17.2 Å². The summed E-state index contributed by atoms with van der Waals surface area (Å²) in [6.07, 6.45) is -14.0. The van der Waals surface area contributed by atoms with E-state index >= 15 is 0 Å². The van der Waals surface area contributed by atoms with Crippen LogP contribution in [0.1, 0.15) is 24.5 Å². The van der Waals surface area contributed by atoms with Gasteiger partial charge in [0.2, 0.25) is 6.29 Å². The van der Waals surface area contributed by atoms with Gasteiger partial charge in [-0.15, -0.1) is 0 Å². The van der Waals surface area contributed by atoms with Crippen LogP contribution < -0.4 is 4.74 Å². The van der Waals surface area contributed by atoms with Crippen molar-refractivity contribution in [3.63, 3.8) is 0 Å². The molecule has 2 saturated heterocycles. The Balaban J connectivity index is 1.24. The first-order chi connectivity index (χ1) is 27.3. The summed E-state index contributed by atoms with van der Waals surface area (Å²) in [6.45, 7) is 0.132. The molecule has 0 radical (unpaired) electrons. The van der Waals surface area contributed by atoms with Crippen LogP contribution in [0.4, 0.5) is 0 Å². The van der Waals surface area contributed by atoms with Gasteiger partial charge in [-0.3, -0.25) is 4.79 Å². The fourth-order valence-electron chi connectivity index (χ4n) is 6.44. The van der Waals surface area contributed by atoms with Gasteiger partial charge >= 0.3 is 11.9 Å². The number of ether oxygens (including phenoxy) is 7. The van der Waals surface area contributed by atoms with Crippen LogP contribution in [0.25, 0.3) is 0 Å². The second-order valence-corrected chi connectivity index (χ2v) is 13.6. The van der Waals surface area contributed by atoms with Gasteiger partial charge in [-0.05, 0) is 48.7 Å². The highest BCUT2D eigenvalue weighted by Crippen LogP contribution is 2.37. The van der Waals surface area contributed by atoms with Crippen molar-refractivity contribution in [2.45, 2.75) is 93.9 Å². The average molecular weight is 809 g/mol. The molecule has 2 fully saturated rings. The molecule has 0 aromatic heterocycles. The average Bonchev–Trinajstić information content (AvgIpc) is 3.20. The number of aliphatic hydroxyl groups excluding tert-OH is 8. The molecule has 5 rings (SSSR count). The standard InChI is InChI=1S/C38H48O19/c1-2-21-22(14-28(43)54-20-6-3-18(4-7-20)9-12-52-37-33(48)31(46)29(44)26(15-39)55-37)23(35(50)51-11-10-19-5-8-24(41)25(42)13-19)17-53-36(21)57-38-34(49)32(47)30(45)27(16-40)56-38/h2-8,13,17,22,26-27,29-34,36-42,44-49H,9-12,14-16H2,1H3/t22-,26+,27+,29-,30+,31+,32-,33+,34-,36+,37-,38+/m1/s1. The lowest BCUT2D eigenvalue weighted by Crippen LogP contribution is -2.60. The van der Waals surface area contributed by atoms with Crippen molar-refractivity contribution in [1.82, 2.24) is 0 Å². The minimum absolute atomic E-state index is 0.0205. The molecule has 0 spiro atoms. The Kier molecular flexibility index (Phi) is 15.4. The Morgan fingerprint density at radius 2 is 1.33 bits per heavy atom. The molecule has 0 saturated carbocycles.